The van der Waals surface area contributed by atoms with Gasteiger partial charge < -0.3 is 15.3 Å². The number of carbonyl (C=O) groups is 3. The van der Waals surface area contributed by atoms with Crippen LogP contribution in [0.15, 0.2) is 0 Å². The summed E-state index contributed by atoms with van der Waals surface area (Å²) in [7, 11) is 0. The molecule has 0 aliphatic heterocycles. The maximum absolute atomic E-state index is 12.1. The third-order valence-corrected chi connectivity index (χ3v) is 3.18. The topological polar surface area (TPSA) is 86.7 Å². The van der Waals surface area contributed by atoms with Crippen molar-refractivity contribution in [2.45, 2.75) is 47.6 Å². The molecule has 0 spiro atoms. The lowest BCUT2D eigenvalue weighted by atomic mass is 9.80. The monoisotopic (exact) mass is 286 g/mol. The van der Waals surface area contributed by atoms with Crippen LogP contribution in [-0.4, -0.2) is 46.9 Å². The van der Waals surface area contributed by atoms with Gasteiger partial charge in [0.15, 0.2) is 0 Å². The largest absolute Gasteiger partial charge is 0.481 e. The van der Waals surface area contributed by atoms with Crippen LogP contribution >= 0.6 is 0 Å². The Bertz CT molecular complexity index is 370. The van der Waals surface area contributed by atoms with Gasteiger partial charge in [0.05, 0.1) is 0 Å². The number of nitrogens with zero attached hydrogens (tertiary/aromatic N) is 1. The number of aliphatic carboxylic acids is 1. The highest BCUT2D eigenvalue weighted by Gasteiger charge is 2.38. The number of carboxylic acid groups (broad SMARTS) is 1. The quantitative estimate of drug-likeness (QED) is 0.716. The third kappa shape index (κ3) is 4.83. The Hall–Kier alpha value is -1.59. The van der Waals surface area contributed by atoms with Crippen molar-refractivity contribution in [1.82, 2.24) is 10.2 Å². The summed E-state index contributed by atoms with van der Waals surface area (Å²) < 4.78 is 0. The van der Waals surface area contributed by atoms with Gasteiger partial charge in [0.1, 0.15) is 12.0 Å². The second-order valence-corrected chi connectivity index (χ2v) is 5.88. The van der Waals surface area contributed by atoms with Gasteiger partial charge in [-0.25, -0.2) is 0 Å². The Labute approximate surface area is 120 Å². The van der Waals surface area contributed by atoms with Gasteiger partial charge in [-0.1, -0.05) is 20.8 Å². The molecule has 0 aliphatic carbocycles. The molecule has 0 aromatic rings. The number of hydrogen-bond acceptors (Lipinski definition) is 3. The molecule has 0 rings (SSSR count). The Balaban J connectivity index is 4.90. The first kappa shape index (κ1) is 18.4. The lowest BCUT2D eigenvalue weighted by Gasteiger charge is -2.28. The number of nitrogens with one attached hydrogen (secondary N) is 1. The van der Waals surface area contributed by atoms with Gasteiger partial charge in [-0.15, -0.1) is 0 Å². The van der Waals surface area contributed by atoms with Crippen LogP contribution < -0.4 is 5.32 Å². The second kappa shape index (κ2) is 7.26. The Morgan fingerprint density at radius 3 is 1.90 bits per heavy atom. The van der Waals surface area contributed by atoms with Gasteiger partial charge in [-0.3, -0.25) is 14.4 Å². The van der Waals surface area contributed by atoms with Gasteiger partial charge in [0.2, 0.25) is 11.8 Å². The summed E-state index contributed by atoms with van der Waals surface area (Å²) in [5.41, 5.74) is -0.714. The van der Waals surface area contributed by atoms with Gasteiger partial charge in [-0.05, 0) is 26.2 Å². The van der Waals surface area contributed by atoms with Crippen LogP contribution in [0.5, 0.6) is 0 Å². The average Bonchev–Trinajstić information content (AvgIpc) is 2.27. The molecule has 0 aromatic heterocycles. The van der Waals surface area contributed by atoms with Crippen molar-refractivity contribution in [2.75, 3.05) is 13.1 Å². The predicted octanol–water partition coefficient (Wildman–Crippen LogP) is 1.11. The van der Waals surface area contributed by atoms with E-state index in [0.29, 0.717) is 13.1 Å². The summed E-state index contributed by atoms with van der Waals surface area (Å²) >= 11 is 0. The van der Waals surface area contributed by atoms with Crippen molar-refractivity contribution in [3.8, 4) is 0 Å². The van der Waals surface area contributed by atoms with E-state index in [0.717, 1.165) is 0 Å². The molecular formula is C14H26N2O4. The first-order valence-corrected chi connectivity index (χ1v) is 6.88. The van der Waals surface area contributed by atoms with E-state index in [4.69, 9.17) is 0 Å². The van der Waals surface area contributed by atoms with Crippen LogP contribution in [0.2, 0.25) is 0 Å². The van der Waals surface area contributed by atoms with Gasteiger partial charge in [-0.2, -0.15) is 0 Å². The maximum atomic E-state index is 12.1. The third-order valence-electron chi connectivity index (χ3n) is 3.18. The molecule has 116 valence electrons. The molecule has 6 nitrogen and oxygen atoms in total. The Kier molecular flexibility index (Phi) is 6.68. The van der Waals surface area contributed by atoms with Crippen molar-refractivity contribution < 1.29 is 19.5 Å². The molecule has 0 saturated heterocycles. The number of carboxylic acids is 1. The normalized spacial score (nSPS) is 14.3. The molecule has 0 bridgehead atoms. The van der Waals surface area contributed by atoms with E-state index < -0.39 is 29.3 Å². The molecule has 2 atom stereocenters. The van der Waals surface area contributed by atoms with Crippen LogP contribution in [0.4, 0.5) is 0 Å². The summed E-state index contributed by atoms with van der Waals surface area (Å²) in [4.78, 5) is 37.0. The first-order chi connectivity index (χ1) is 9.06. The SMILES string of the molecule is CCN(CC)C(=O)C(C)NC(=O)C(C(=O)O)C(C)(C)C. The molecule has 0 heterocycles. The van der Waals surface area contributed by atoms with Crippen LogP contribution in [0.3, 0.4) is 0 Å². The van der Waals surface area contributed by atoms with E-state index in [9.17, 15) is 19.5 Å². The van der Waals surface area contributed by atoms with E-state index >= 15 is 0 Å². The van der Waals surface area contributed by atoms with Crippen molar-refractivity contribution in [2.24, 2.45) is 11.3 Å². The summed E-state index contributed by atoms with van der Waals surface area (Å²) in [6.45, 7) is 11.4. The molecule has 2 N–H and O–H groups in total. The summed E-state index contributed by atoms with van der Waals surface area (Å²) in [6, 6.07) is -0.730. The summed E-state index contributed by atoms with van der Waals surface area (Å²) in [5.74, 6) is -3.20. The zero-order chi connectivity index (χ0) is 16.1. The zero-order valence-corrected chi connectivity index (χ0v) is 13.2. The number of carbonyl (C=O) groups excluding carboxylic acids is 2. The smallest absolute Gasteiger partial charge is 0.316 e. The molecular weight excluding hydrogens is 260 g/mol. The average molecular weight is 286 g/mol. The molecule has 2 amide bonds. The predicted molar refractivity (Wildman–Crippen MR) is 76.1 cm³/mol. The highest BCUT2D eigenvalue weighted by molar-refractivity contribution is 5.99. The molecule has 0 fully saturated rings. The molecule has 0 aromatic carbocycles. The van der Waals surface area contributed by atoms with Crippen LogP contribution in [0, 0.1) is 11.3 Å². The van der Waals surface area contributed by atoms with E-state index in [1.165, 1.54) is 0 Å². The molecule has 0 saturated carbocycles. The summed E-state index contributed by atoms with van der Waals surface area (Å²) in [5, 5.41) is 11.7. The fourth-order valence-corrected chi connectivity index (χ4v) is 2.04. The van der Waals surface area contributed by atoms with E-state index in [2.05, 4.69) is 5.32 Å². The molecule has 20 heavy (non-hydrogen) atoms. The second-order valence-electron chi connectivity index (χ2n) is 5.88. The van der Waals surface area contributed by atoms with Gasteiger partial charge in [0.25, 0.3) is 0 Å². The standard InChI is InChI=1S/C14H26N2O4/c1-7-16(8-2)12(18)9(3)15-11(17)10(13(19)20)14(4,5)6/h9-10H,7-8H2,1-6H3,(H,15,17)(H,19,20). The fraction of sp³-hybridized carbons (Fsp3) is 0.786. The van der Waals surface area contributed by atoms with Crippen molar-refractivity contribution in [3.05, 3.63) is 0 Å². The molecule has 6 heteroatoms. The minimum Gasteiger partial charge on any atom is -0.481 e. The first-order valence-electron chi connectivity index (χ1n) is 6.88. The van der Waals surface area contributed by atoms with Crippen LogP contribution in [-0.2, 0) is 14.4 Å². The van der Waals surface area contributed by atoms with Crippen LogP contribution in [0.25, 0.3) is 0 Å². The fourth-order valence-electron chi connectivity index (χ4n) is 2.04. The van der Waals surface area contributed by atoms with Gasteiger partial charge in [0, 0.05) is 13.1 Å². The van der Waals surface area contributed by atoms with Crippen molar-refractivity contribution >= 4 is 17.8 Å². The minimum absolute atomic E-state index is 0.207. The van der Waals surface area contributed by atoms with Crippen molar-refractivity contribution in [3.63, 3.8) is 0 Å². The number of likely N-dealkylation sites (N-methyl/N-ethyl adjacent to an activating group) is 1. The molecule has 0 aliphatic rings. The van der Waals surface area contributed by atoms with Gasteiger partial charge >= 0.3 is 5.97 Å². The highest BCUT2D eigenvalue weighted by atomic mass is 16.4. The number of rotatable bonds is 6. The Morgan fingerprint density at radius 2 is 1.60 bits per heavy atom. The lowest BCUT2D eigenvalue weighted by Crippen LogP contribution is -2.51. The number of amides is 2. The highest BCUT2D eigenvalue weighted by Crippen LogP contribution is 2.26. The minimum atomic E-state index is -1.19. The van der Waals surface area contributed by atoms with E-state index in [1.54, 1.807) is 32.6 Å². The lowest BCUT2D eigenvalue weighted by molar-refractivity contribution is -0.152. The summed E-state index contributed by atoms with van der Waals surface area (Å²) in [6.07, 6.45) is 0. The number of hydrogen-bond donors (Lipinski definition) is 2. The van der Waals surface area contributed by atoms with Crippen molar-refractivity contribution in [1.29, 1.82) is 0 Å². The zero-order valence-electron chi connectivity index (χ0n) is 13.2. The van der Waals surface area contributed by atoms with E-state index in [1.807, 2.05) is 13.8 Å². The Morgan fingerprint density at radius 1 is 1.15 bits per heavy atom. The van der Waals surface area contributed by atoms with E-state index in [-0.39, 0.29) is 5.91 Å². The molecule has 2 unspecified atom stereocenters. The molecule has 0 radical (unpaired) electrons. The maximum Gasteiger partial charge on any atom is 0.316 e. The van der Waals surface area contributed by atoms with Crippen LogP contribution in [0.1, 0.15) is 41.5 Å².